The van der Waals surface area contributed by atoms with Crippen LogP contribution in [0, 0.1) is 11.6 Å². The van der Waals surface area contributed by atoms with Gasteiger partial charge in [-0.25, -0.2) is 13.8 Å². The van der Waals surface area contributed by atoms with Crippen LogP contribution in [0.15, 0.2) is 48.7 Å². The van der Waals surface area contributed by atoms with E-state index < -0.39 is 38.6 Å². The van der Waals surface area contributed by atoms with Gasteiger partial charge in [-0.1, -0.05) is 18.2 Å². The van der Waals surface area contributed by atoms with Crippen molar-refractivity contribution in [2.45, 2.75) is 5.51 Å². The van der Waals surface area contributed by atoms with E-state index >= 15 is 0 Å². The molecule has 0 atom stereocenters. The molecule has 11 heteroatoms. The second-order valence-corrected chi connectivity index (χ2v) is 7.55. The van der Waals surface area contributed by atoms with E-state index in [0.29, 0.717) is 12.4 Å². The maximum Gasteiger partial charge on any atom is 0.516 e. The van der Waals surface area contributed by atoms with Gasteiger partial charge in [-0.2, -0.15) is 21.6 Å². The third-order valence-electron chi connectivity index (χ3n) is 3.78. The van der Waals surface area contributed by atoms with E-state index in [1.165, 1.54) is 24.3 Å². The summed E-state index contributed by atoms with van der Waals surface area (Å²) in [4.78, 5) is 3.86. The second kappa shape index (κ2) is 6.89. The molecule has 0 saturated carbocycles. The van der Waals surface area contributed by atoms with E-state index in [9.17, 15) is 30.4 Å². The molecular weight excluding hydrogens is 407 g/mol. The van der Waals surface area contributed by atoms with Crippen molar-refractivity contribution in [2.24, 2.45) is 0 Å². The molecule has 1 aromatic heterocycles. The molecule has 0 aliphatic carbocycles. The number of hydrogen-bond donors (Lipinski definition) is 0. The van der Waals surface area contributed by atoms with Crippen LogP contribution in [0.3, 0.4) is 0 Å². The predicted molar refractivity (Wildman–Crippen MR) is 91.6 cm³/mol. The summed E-state index contributed by atoms with van der Waals surface area (Å²) in [6, 6.07) is 8.48. The van der Waals surface area contributed by atoms with Crippen molar-refractivity contribution < 1.29 is 35.1 Å². The summed E-state index contributed by atoms with van der Waals surface area (Å²) in [7, 11) is -5.30. The average molecular weight is 418 g/mol. The van der Waals surface area contributed by atoms with Crippen LogP contribution in [0.2, 0.25) is 0 Å². The smallest absolute Gasteiger partial charge is 0.453 e. The minimum Gasteiger partial charge on any atom is -0.453 e. The fraction of sp³-hybridized carbons (Fsp3) is 0.118. The standard InChI is InChI=1S/C17H11F5N2O3S/c1-24(28(25,26)17(20,21)22)16-13(19)6-3-7-14(16)27-11-8-10-4-2-5-12(18)15(10)23-9-11/h2-9H,1H3. The van der Waals surface area contributed by atoms with Crippen LogP contribution in [-0.4, -0.2) is 26.0 Å². The number of anilines is 1. The number of sulfonamides is 1. The summed E-state index contributed by atoms with van der Waals surface area (Å²) in [5, 5.41) is 0.326. The lowest BCUT2D eigenvalue weighted by molar-refractivity contribution is -0.0437. The molecule has 0 bridgehead atoms. The van der Waals surface area contributed by atoms with Gasteiger partial charge in [0, 0.05) is 12.4 Å². The molecule has 0 saturated heterocycles. The number of nitrogens with zero attached hydrogens (tertiary/aromatic N) is 2. The molecule has 0 unspecified atom stereocenters. The molecule has 3 rings (SSSR count). The highest BCUT2D eigenvalue weighted by Crippen LogP contribution is 2.39. The Bertz CT molecular complexity index is 1150. The Morgan fingerprint density at radius 1 is 1.04 bits per heavy atom. The minimum atomic E-state index is -5.86. The number of ether oxygens (including phenoxy) is 1. The Hall–Kier alpha value is -2.95. The number of rotatable bonds is 4. The molecule has 0 radical (unpaired) electrons. The fourth-order valence-electron chi connectivity index (χ4n) is 2.45. The van der Waals surface area contributed by atoms with Gasteiger partial charge in [0.15, 0.2) is 11.6 Å². The van der Waals surface area contributed by atoms with E-state index in [1.54, 1.807) is 0 Å². The normalized spacial score (nSPS) is 12.2. The highest BCUT2D eigenvalue weighted by molar-refractivity contribution is 7.93. The maximum atomic E-state index is 14.2. The summed E-state index contributed by atoms with van der Waals surface area (Å²) in [5.74, 6) is -2.38. The van der Waals surface area contributed by atoms with E-state index in [0.717, 1.165) is 24.4 Å². The largest absolute Gasteiger partial charge is 0.516 e. The number of halogens is 5. The zero-order valence-corrected chi connectivity index (χ0v) is 14.9. The van der Waals surface area contributed by atoms with Crippen LogP contribution in [0.1, 0.15) is 0 Å². The number of hydrogen-bond acceptors (Lipinski definition) is 4. The molecule has 5 nitrogen and oxygen atoms in total. The lowest BCUT2D eigenvalue weighted by atomic mass is 10.2. The quantitative estimate of drug-likeness (QED) is 0.582. The molecule has 3 aromatic rings. The zero-order valence-electron chi connectivity index (χ0n) is 14.0. The van der Waals surface area contributed by atoms with Crippen molar-refractivity contribution in [3.63, 3.8) is 0 Å². The zero-order chi connectivity index (χ0) is 20.7. The molecule has 2 aromatic carbocycles. The molecule has 0 fully saturated rings. The van der Waals surface area contributed by atoms with Gasteiger partial charge < -0.3 is 4.74 Å². The van der Waals surface area contributed by atoms with E-state index in [2.05, 4.69) is 4.98 Å². The molecular formula is C17H11F5N2O3S. The number of aromatic nitrogens is 1. The van der Waals surface area contributed by atoms with Crippen molar-refractivity contribution in [3.05, 3.63) is 60.3 Å². The summed E-state index contributed by atoms with van der Waals surface area (Å²) in [5.41, 5.74) is -6.53. The first-order valence-electron chi connectivity index (χ1n) is 7.58. The minimum absolute atomic E-state index is 0.0334. The SMILES string of the molecule is CN(c1c(F)cccc1Oc1cnc2c(F)cccc2c1)S(=O)(=O)C(F)(F)F. The van der Waals surface area contributed by atoms with Gasteiger partial charge in [-0.15, -0.1) is 0 Å². The summed E-state index contributed by atoms with van der Waals surface area (Å²) < 4.78 is 94.8. The van der Waals surface area contributed by atoms with Gasteiger partial charge in [0.1, 0.15) is 22.8 Å². The molecule has 1 heterocycles. The topological polar surface area (TPSA) is 59.5 Å². The van der Waals surface area contributed by atoms with E-state index in [-0.39, 0.29) is 15.6 Å². The molecule has 0 spiro atoms. The van der Waals surface area contributed by atoms with Crippen molar-refractivity contribution >= 4 is 26.6 Å². The lowest BCUT2D eigenvalue weighted by Gasteiger charge is -2.23. The van der Waals surface area contributed by atoms with Gasteiger partial charge in [0.25, 0.3) is 0 Å². The first-order valence-corrected chi connectivity index (χ1v) is 9.02. The monoisotopic (exact) mass is 418 g/mol. The molecule has 0 amide bonds. The number of pyridine rings is 1. The maximum absolute atomic E-state index is 14.2. The van der Waals surface area contributed by atoms with Crippen LogP contribution >= 0.6 is 0 Å². The predicted octanol–water partition coefficient (Wildman–Crippen LogP) is 4.59. The Morgan fingerprint density at radius 2 is 1.68 bits per heavy atom. The van der Waals surface area contributed by atoms with Gasteiger partial charge in [0.2, 0.25) is 0 Å². The molecule has 28 heavy (non-hydrogen) atoms. The molecule has 148 valence electrons. The highest BCUT2D eigenvalue weighted by atomic mass is 32.2. The second-order valence-electron chi connectivity index (χ2n) is 5.59. The molecule has 0 aliphatic heterocycles. The summed E-state index contributed by atoms with van der Waals surface area (Å²) in [6.07, 6.45) is 1.08. The Balaban J connectivity index is 2.06. The number of fused-ring (bicyclic) bond motifs is 1. The fourth-order valence-corrected chi connectivity index (χ4v) is 3.17. The first kappa shape index (κ1) is 19.8. The van der Waals surface area contributed by atoms with Crippen molar-refractivity contribution in [2.75, 3.05) is 11.4 Å². The Morgan fingerprint density at radius 3 is 2.36 bits per heavy atom. The average Bonchev–Trinajstić information content (AvgIpc) is 2.60. The number of para-hydroxylation sites is 2. The highest BCUT2D eigenvalue weighted by Gasteiger charge is 2.50. The van der Waals surface area contributed by atoms with E-state index in [4.69, 9.17) is 4.74 Å². The third-order valence-corrected chi connectivity index (χ3v) is 5.27. The van der Waals surface area contributed by atoms with Gasteiger partial charge >= 0.3 is 15.5 Å². The number of alkyl halides is 3. The van der Waals surface area contributed by atoms with Crippen LogP contribution in [0.4, 0.5) is 27.6 Å². The number of benzene rings is 2. The van der Waals surface area contributed by atoms with Gasteiger partial charge in [-0.3, -0.25) is 4.31 Å². The molecule has 0 aliphatic rings. The lowest BCUT2D eigenvalue weighted by Crippen LogP contribution is -2.38. The van der Waals surface area contributed by atoms with E-state index in [1.807, 2.05) is 0 Å². The molecule has 0 N–H and O–H groups in total. The Kier molecular flexibility index (Phi) is 4.88. The van der Waals surface area contributed by atoms with Gasteiger partial charge in [0.05, 0.1) is 6.20 Å². The first-order chi connectivity index (χ1) is 13.0. The Labute approximate surface area is 156 Å². The van der Waals surface area contributed by atoms with Crippen molar-refractivity contribution in [1.82, 2.24) is 4.98 Å². The van der Waals surface area contributed by atoms with Crippen LogP contribution in [0.25, 0.3) is 10.9 Å². The van der Waals surface area contributed by atoms with Crippen molar-refractivity contribution in [1.29, 1.82) is 0 Å². The van der Waals surface area contributed by atoms with Crippen LogP contribution in [0.5, 0.6) is 11.5 Å². The van der Waals surface area contributed by atoms with Crippen molar-refractivity contribution in [3.8, 4) is 11.5 Å². The summed E-state index contributed by atoms with van der Waals surface area (Å²) >= 11 is 0. The summed E-state index contributed by atoms with van der Waals surface area (Å²) in [6.45, 7) is 0. The van der Waals surface area contributed by atoms with Crippen LogP contribution in [-0.2, 0) is 10.0 Å². The van der Waals surface area contributed by atoms with Crippen LogP contribution < -0.4 is 9.04 Å². The third kappa shape index (κ3) is 3.44. The van der Waals surface area contributed by atoms with Gasteiger partial charge in [-0.05, 0) is 24.3 Å².